The number of nitrogens with zero attached hydrogens (tertiary/aromatic N) is 3. The van der Waals surface area contributed by atoms with Gasteiger partial charge in [0.15, 0.2) is 5.13 Å². The molecule has 114 valence electrons. The van der Waals surface area contributed by atoms with E-state index in [9.17, 15) is 4.79 Å². The third kappa shape index (κ3) is 4.64. The Morgan fingerprint density at radius 2 is 2.05 bits per heavy atom. The molecular formula is C13H25N5OS. The van der Waals surface area contributed by atoms with E-state index < -0.39 is 0 Å². The zero-order valence-electron chi connectivity index (χ0n) is 12.8. The Labute approximate surface area is 125 Å². The van der Waals surface area contributed by atoms with Crippen LogP contribution in [-0.2, 0) is 0 Å². The third-order valence-electron chi connectivity index (χ3n) is 3.05. The monoisotopic (exact) mass is 299 g/mol. The predicted octanol–water partition coefficient (Wildman–Crippen LogP) is 1.25. The van der Waals surface area contributed by atoms with E-state index in [1.807, 2.05) is 19.0 Å². The summed E-state index contributed by atoms with van der Waals surface area (Å²) in [5, 5.41) is 3.67. The Hall–Kier alpha value is -1.34. The Bertz CT molecular complexity index is 434. The quantitative estimate of drug-likeness (QED) is 0.756. The van der Waals surface area contributed by atoms with Gasteiger partial charge in [-0.1, -0.05) is 25.2 Å². The number of carbonyl (C=O) groups is 1. The van der Waals surface area contributed by atoms with Crippen LogP contribution in [0.3, 0.4) is 0 Å². The molecule has 0 fully saturated rings. The first kappa shape index (κ1) is 16.7. The van der Waals surface area contributed by atoms with E-state index in [0.717, 1.165) is 31.2 Å². The summed E-state index contributed by atoms with van der Waals surface area (Å²) in [5.74, 6) is 0.176. The van der Waals surface area contributed by atoms with Crippen molar-refractivity contribution in [1.29, 1.82) is 0 Å². The van der Waals surface area contributed by atoms with E-state index in [0.29, 0.717) is 17.2 Å². The topological polar surface area (TPSA) is 74.5 Å². The van der Waals surface area contributed by atoms with Gasteiger partial charge in [-0.3, -0.25) is 4.79 Å². The molecule has 0 bridgehead atoms. The second-order valence-electron chi connectivity index (χ2n) is 4.78. The molecule has 1 aromatic rings. The van der Waals surface area contributed by atoms with Crippen LogP contribution < -0.4 is 16.0 Å². The van der Waals surface area contributed by atoms with Gasteiger partial charge in [0.05, 0.1) is 0 Å². The minimum atomic E-state index is -0.138. The number of thiazole rings is 1. The highest BCUT2D eigenvalue weighted by molar-refractivity contribution is 7.18. The van der Waals surface area contributed by atoms with E-state index in [1.54, 1.807) is 0 Å². The van der Waals surface area contributed by atoms with Gasteiger partial charge in [-0.15, -0.1) is 0 Å². The summed E-state index contributed by atoms with van der Waals surface area (Å²) < 4.78 is 0. The van der Waals surface area contributed by atoms with E-state index in [4.69, 9.17) is 5.73 Å². The van der Waals surface area contributed by atoms with Crippen molar-refractivity contribution in [3.8, 4) is 0 Å². The standard InChI is InChI=1S/C13H25N5OS/c1-5-8-18(4)13-16-11(14)10(20-13)12(19)15-7-9-17(3)6-2/h5-9,14H2,1-4H3,(H,15,19). The molecule has 0 unspecified atom stereocenters. The SMILES string of the molecule is CCCN(C)c1nc(N)c(C(=O)NCCN(C)CC)s1. The highest BCUT2D eigenvalue weighted by Crippen LogP contribution is 2.27. The summed E-state index contributed by atoms with van der Waals surface area (Å²) in [6.45, 7) is 7.48. The normalized spacial score (nSPS) is 10.8. The van der Waals surface area contributed by atoms with Gasteiger partial charge >= 0.3 is 0 Å². The van der Waals surface area contributed by atoms with Crippen molar-refractivity contribution >= 4 is 28.2 Å². The van der Waals surface area contributed by atoms with Crippen molar-refractivity contribution in [2.45, 2.75) is 20.3 Å². The molecule has 0 saturated carbocycles. The molecule has 0 spiro atoms. The van der Waals surface area contributed by atoms with Crippen LogP contribution >= 0.6 is 11.3 Å². The predicted molar refractivity (Wildman–Crippen MR) is 85.6 cm³/mol. The van der Waals surface area contributed by atoms with E-state index in [2.05, 4.69) is 29.0 Å². The largest absolute Gasteiger partial charge is 0.382 e. The van der Waals surface area contributed by atoms with E-state index in [1.165, 1.54) is 11.3 Å². The maximum Gasteiger partial charge on any atom is 0.265 e. The smallest absolute Gasteiger partial charge is 0.265 e. The molecule has 0 saturated heterocycles. The number of hydrogen-bond donors (Lipinski definition) is 2. The fourth-order valence-electron chi connectivity index (χ4n) is 1.68. The van der Waals surface area contributed by atoms with E-state index >= 15 is 0 Å². The molecule has 0 aliphatic carbocycles. The van der Waals surface area contributed by atoms with Crippen LogP contribution in [0.25, 0.3) is 0 Å². The Morgan fingerprint density at radius 3 is 2.65 bits per heavy atom. The van der Waals surface area contributed by atoms with Crippen molar-refractivity contribution in [3.05, 3.63) is 4.88 Å². The molecular weight excluding hydrogens is 274 g/mol. The number of nitrogens with two attached hydrogens (primary N) is 1. The number of rotatable bonds is 8. The minimum absolute atomic E-state index is 0.138. The molecule has 6 nitrogen and oxygen atoms in total. The number of nitrogen functional groups attached to an aromatic ring is 1. The highest BCUT2D eigenvalue weighted by atomic mass is 32.1. The first-order chi connectivity index (χ1) is 9.49. The molecule has 0 radical (unpaired) electrons. The van der Waals surface area contributed by atoms with Crippen molar-refractivity contribution in [2.75, 3.05) is 50.9 Å². The van der Waals surface area contributed by atoms with Crippen LogP contribution in [0, 0.1) is 0 Å². The summed E-state index contributed by atoms with van der Waals surface area (Å²) in [4.78, 5) is 21.0. The van der Waals surface area contributed by atoms with E-state index in [-0.39, 0.29) is 5.91 Å². The lowest BCUT2D eigenvalue weighted by molar-refractivity contribution is 0.0955. The molecule has 1 heterocycles. The average Bonchev–Trinajstić information content (AvgIpc) is 2.81. The second-order valence-corrected chi connectivity index (χ2v) is 5.76. The average molecular weight is 299 g/mol. The van der Waals surface area contributed by atoms with Crippen LogP contribution in [-0.4, -0.2) is 56.1 Å². The van der Waals surface area contributed by atoms with Gasteiger partial charge < -0.3 is 20.9 Å². The molecule has 1 aromatic heterocycles. The maximum absolute atomic E-state index is 12.1. The van der Waals surface area contributed by atoms with Gasteiger partial charge in [-0.05, 0) is 20.0 Å². The molecule has 0 atom stereocenters. The number of likely N-dealkylation sites (N-methyl/N-ethyl adjacent to an activating group) is 1. The summed E-state index contributed by atoms with van der Waals surface area (Å²) in [6.07, 6.45) is 1.03. The molecule has 20 heavy (non-hydrogen) atoms. The fourth-order valence-corrected chi connectivity index (χ4v) is 2.56. The number of aromatic nitrogens is 1. The number of anilines is 2. The van der Waals surface area contributed by atoms with Crippen LogP contribution in [0.2, 0.25) is 0 Å². The molecule has 3 N–H and O–H groups in total. The number of nitrogens with one attached hydrogen (secondary N) is 1. The van der Waals surface area contributed by atoms with Crippen molar-refractivity contribution < 1.29 is 4.79 Å². The number of amides is 1. The molecule has 7 heteroatoms. The van der Waals surface area contributed by atoms with Crippen LogP contribution in [0.15, 0.2) is 0 Å². The summed E-state index contributed by atoms with van der Waals surface area (Å²) in [6, 6.07) is 0. The van der Waals surface area contributed by atoms with Gasteiger partial charge in [-0.2, -0.15) is 0 Å². The van der Waals surface area contributed by atoms with Gasteiger partial charge in [0.1, 0.15) is 10.7 Å². The Morgan fingerprint density at radius 1 is 1.35 bits per heavy atom. The lowest BCUT2D eigenvalue weighted by atomic mass is 10.4. The van der Waals surface area contributed by atoms with Gasteiger partial charge in [0.2, 0.25) is 0 Å². The molecule has 1 amide bonds. The van der Waals surface area contributed by atoms with Crippen molar-refractivity contribution in [2.24, 2.45) is 0 Å². The first-order valence-corrected chi connectivity index (χ1v) is 7.75. The first-order valence-electron chi connectivity index (χ1n) is 6.93. The molecule has 0 aliphatic heterocycles. The second kappa shape index (κ2) is 8.06. The Balaban J connectivity index is 2.60. The fraction of sp³-hybridized carbons (Fsp3) is 0.692. The lowest BCUT2D eigenvalue weighted by Gasteiger charge is -2.14. The van der Waals surface area contributed by atoms with Crippen LogP contribution in [0.5, 0.6) is 0 Å². The van der Waals surface area contributed by atoms with Crippen molar-refractivity contribution in [3.63, 3.8) is 0 Å². The van der Waals surface area contributed by atoms with Crippen LogP contribution in [0.1, 0.15) is 29.9 Å². The summed E-state index contributed by atoms with van der Waals surface area (Å²) in [7, 11) is 3.98. The number of hydrogen-bond acceptors (Lipinski definition) is 6. The minimum Gasteiger partial charge on any atom is -0.382 e. The van der Waals surface area contributed by atoms with Gasteiger partial charge in [-0.25, -0.2) is 4.98 Å². The van der Waals surface area contributed by atoms with Crippen molar-refractivity contribution in [1.82, 2.24) is 15.2 Å². The zero-order valence-corrected chi connectivity index (χ0v) is 13.6. The number of carbonyl (C=O) groups excluding carboxylic acids is 1. The summed E-state index contributed by atoms with van der Waals surface area (Å²) >= 11 is 1.34. The zero-order chi connectivity index (χ0) is 15.1. The lowest BCUT2D eigenvalue weighted by Crippen LogP contribution is -2.32. The Kier molecular flexibility index (Phi) is 6.74. The highest BCUT2D eigenvalue weighted by Gasteiger charge is 2.17. The maximum atomic E-state index is 12.1. The third-order valence-corrected chi connectivity index (χ3v) is 4.24. The van der Waals surface area contributed by atoms with Gasteiger partial charge in [0.25, 0.3) is 5.91 Å². The summed E-state index contributed by atoms with van der Waals surface area (Å²) in [5.41, 5.74) is 5.84. The molecule has 0 aromatic carbocycles. The van der Waals surface area contributed by atoms with Crippen LogP contribution in [0.4, 0.5) is 10.9 Å². The molecule has 0 aliphatic rings. The molecule has 1 rings (SSSR count). The van der Waals surface area contributed by atoms with Gasteiger partial charge in [0, 0.05) is 26.7 Å².